The SMILES string of the molecule is CCNC(=O)C1CCCN(C(=O)c2ccc(S(=O)(=O)NCCC#N)cc2)C1. The zero-order valence-electron chi connectivity index (χ0n) is 15.3. The number of rotatable bonds is 7. The molecule has 1 aliphatic rings. The normalized spacial score (nSPS) is 17.2. The summed E-state index contributed by atoms with van der Waals surface area (Å²) >= 11 is 0. The minimum atomic E-state index is -3.71. The van der Waals surface area contributed by atoms with E-state index < -0.39 is 10.0 Å². The molecule has 9 heteroatoms. The van der Waals surface area contributed by atoms with Gasteiger partial charge in [-0.1, -0.05) is 0 Å². The number of nitriles is 1. The number of benzene rings is 1. The number of nitrogens with one attached hydrogen (secondary N) is 2. The van der Waals surface area contributed by atoms with E-state index >= 15 is 0 Å². The molecule has 1 aliphatic heterocycles. The van der Waals surface area contributed by atoms with Crippen molar-refractivity contribution in [2.75, 3.05) is 26.2 Å². The molecule has 2 N–H and O–H groups in total. The smallest absolute Gasteiger partial charge is 0.253 e. The third-order valence-corrected chi connectivity index (χ3v) is 5.85. The summed E-state index contributed by atoms with van der Waals surface area (Å²) in [6, 6.07) is 7.54. The van der Waals surface area contributed by atoms with Crippen molar-refractivity contribution in [2.24, 2.45) is 5.92 Å². The van der Waals surface area contributed by atoms with Gasteiger partial charge in [-0.05, 0) is 44.0 Å². The van der Waals surface area contributed by atoms with Crippen molar-refractivity contribution < 1.29 is 18.0 Å². The summed E-state index contributed by atoms with van der Waals surface area (Å²) in [4.78, 5) is 26.4. The molecule has 8 nitrogen and oxygen atoms in total. The predicted octanol–water partition coefficient (Wildman–Crippen LogP) is 0.867. The Labute approximate surface area is 159 Å². The van der Waals surface area contributed by atoms with Gasteiger partial charge in [-0.2, -0.15) is 5.26 Å². The molecule has 0 saturated carbocycles. The quantitative estimate of drug-likeness (QED) is 0.667. The predicted molar refractivity (Wildman–Crippen MR) is 99.2 cm³/mol. The van der Waals surface area contributed by atoms with Gasteiger partial charge < -0.3 is 10.2 Å². The van der Waals surface area contributed by atoms with Crippen LogP contribution in [0.15, 0.2) is 29.2 Å². The van der Waals surface area contributed by atoms with E-state index in [0.29, 0.717) is 25.2 Å². The van der Waals surface area contributed by atoms with Crippen molar-refractivity contribution in [3.63, 3.8) is 0 Å². The average molecular weight is 392 g/mol. The lowest BCUT2D eigenvalue weighted by Crippen LogP contribution is -2.45. The second kappa shape index (κ2) is 9.48. The Morgan fingerprint density at radius 1 is 1.30 bits per heavy atom. The molecule has 0 aliphatic carbocycles. The Balaban J connectivity index is 2.05. The molecular formula is C18H24N4O4S. The standard InChI is InChI=1S/C18H24N4O4S/c1-2-20-17(23)15-5-3-12-22(13-15)18(24)14-6-8-16(9-7-14)27(25,26)21-11-4-10-19/h6-9,15,21H,2-5,11-13H2,1H3,(H,20,23). The number of carbonyl (C=O) groups is 2. The Morgan fingerprint density at radius 2 is 2.00 bits per heavy atom. The molecule has 1 heterocycles. The van der Waals surface area contributed by atoms with Crippen LogP contribution < -0.4 is 10.0 Å². The molecule has 2 rings (SSSR count). The zero-order chi connectivity index (χ0) is 19.9. The second-order valence-electron chi connectivity index (χ2n) is 6.32. The highest BCUT2D eigenvalue weighted by Gasteiger charge is 2.28. The van der Waals surface area contributed by atoms with Crippen LogP contribution in [-0.2, 0) is 14.8 Å². The van der Waals surface area contributed by atoms with Crippen LogP contribution in [-0.4, -0.2) is 51.3 Å². The first-order valence-corrected chi connectivity index (χ1v) is 10.4. The summed E-state index contributed by atoms with van der Waals surface area (Å²) in [5, 5.41) is 11.3. The third kappa shape index (κ3) is 5.52. The lowest BCUT2D eigenvalue weighted by Gasteiger charge is -2.32. The number of amides is 2. The van der Waals surface area contributed by atoms with Crippen molar-refractivity contribution in [3.8, 4) is 6.07 Å². The molecular weight excluding hydrogens is 368 g/mol. The molecule has 1 fully saturated rings. The van der Waals surface area contributed by atoms with E-state index in [9.17, 15) is 18.0 Å². The maximum Gasteiger partial charge on any atom is 0.253 e. The molecule has 0 radical (unpaired) electrons. The molecule has 0 spiro atoms. The first-order chi connectivity index (χ1) is 12.9. The van der Waals surface area contributed by atoms with E-state index in [1.165, 1.54) is 24.3 Å². The molecule has 0 bridgehead atoms. The molecule has 2 amide bonds. The minimum absolute atomic E-state index is 0.0362. The minimum Gasteiger partial charge on any atom is -0.356 e. The van der Waals surface area contributed by atoms with Gasteiger partial charge in [-0.3, -0.25) is 9.59 Å². The fourth-order valence-electron chi connectivity index (χ4n) is 2.98. The number of likely N-dealkylation sites (tertiary alicyclic amines) is 1. The van der Waals surface area contributed by atoms with Crippen molar-refractivity contribution in [2.45, 2.75) is 31.1 Å². The van der Waals surface area contributed by atoms with Gasteiger partial charge in [0.15, 0.2) is 0 Å². The van der Waals surface area contributed by atoms with Gasteiger partial charge in [0.2, 0.25) is 15.9 Å². The Kier molecular flexibility index (Phi) is 7.33. The lowest BCUT2D eigenvalue weighted by atomic mass is 9.96. The van der Waals surface area contributed by atoms with Gasteiger partial charge in [-0.25, -0.2) is 13.1 Å². The highest BCUT2D eigenvalue weighted by Crippen LogP contribution is 2.20. The van der Waals surface area contributed by atoms with E-state index in [4.69, 9.17) is 5.26 Å². The van der Waals surface area contributed by atoms with E-state index in [-0.39, 0.29) is 35.6 Å². The lowest BCUT2D eigenvalue weighted by molar-refractivity contribution is -0.126. The monoisotopic (exact) mass is 392 g/mol. The van der Waals surface area contributed by atoms with Gasteiger partial charge in [0, 0.05) is 38.2 Å². The Bertz CT molecular complexity index is 815. The molecule has 27 heavy (non-hydrogen) atoms. The summed E-state index contributed by atoms with van der Waals surface area (Å²) in [7, 11) is -3.71. The third-order valence-electron chi connectivity index (χ3n) is 4.37. The zero-order valence-corrected chi connectivity index (χ0v) is 16.1. The van der Waals surface area contributed by atoms with Crippen molar-refractivity contribution >= 4 is 21.8 Å². The second-order valence-corrected chi connectivity index (χ2v) is 8.08. The van der Waals surface area contributed by atoms with Gasteiger partial charge in [0.25, 0.3) is 5.91 Å². The number of carbonyl (C=O) groups excluding carboxylic acids is 2. The van der Waals surface area contributed by atoms with Gasteiger partial charge in [0.05, 0.1) is 16.9 Å². The molecule has 1 aromatic carbocycles. The number of sulfonamides is 1. The molecule has 1 atom stereocenters. The van der Waals surface area contributed by atoms with E-state index in [1.807, 2.05) is 13.0 Å². The summed E-state index contributed by atoms with van der Waals surface area (Å²) in [6.45, 7) is 3.38. The average Bonchev–Trinajstić information content (AvgIpc) is 2.68. The summed E-state index contributed by atoms with van der Waals surface area (Å²) in [5.41, 5.74) is 0.377. The highest BCUT2D eigenvalue weighted by atomic mass is 32.2. The van der Waals surface area contributed by atoms with Crippen LogP contribution in [0.25, 0.3) is 0 Å². The largest absolute Gasteiger partial charge is 0.356 e. The number of piperidine rings is 1. The van der Waals surface area contributed by atoms with Crippen molar-refractivity contribution in [1.82, 2.24) is 14.9 Å². The molecule has 1 saturated heterocycles. The maximum atomic E-state index is 12.7. The summed E-state index contributed by atoms with van der Waals surface area (Å²) in [6.07, 6.45) is 1.58. The molecule has 1 aromatic rings. The Hall–Kier alpha value is -2.44. The van der Waals surface area contributed by atoms with Crippen LogP contribution in [0.3, 0.4) is 0 Å². The van der Waals surface area contributed by atoms with Crippen LogP contribution >= 0.6 is 0 Å². The van der Waals surface area contributed by atoms with Crippen molar-refractivity contribution in [1.29, 1.82) is 5.26 Å². The van der Waals surface area contributed by atoms with E-state index in [0.717, 1.165) is 12.8 Å². The fraction of sp³-hybridized carbons (Fsp3) is 0.500. The maximum absolute atomic E-state index is 12.7. The van der Waals surface area contributed by atoms with Gasteiger partial charge >= 0.3 is 0 Å². The van der Waals surface area contributed by atoms with Gasteiger partial charge in [0.1, 0.15) is 0 Å². The molecule has 146 valence electrons. The summed E-state index contributed by atoms with van der Waals surface area (Å²) < 4.78 is 26.5. The van der Waals surface area contributed by atoms with E-state index in [1.54, 1.807) is 4.90 Å². The van der Waals surface area contributed by atoms with E-state index in [2.05, 4.69) is 10.0 Å². The Morgan fingerprint density at radius 3 is 2.63 bits per heavy atom. The van der Waals surface area contributed by atoms with Crippen LogP contribution in [0.5, 0.6) is 0 Å². The number of hydrogen-bond acceptors (Lipinski definition) is 5. The molecule has 1 unspecified atom stereocenters. The summed E-state index contributed by atoms with van der Waals surface area (Å²) in [5.74, 6) is -0.475. The fourth-order valence-corrected chi connectivity index (χ4v) is 4.01. The van der Waals surface area contributed by atoms with Crippen molar-refractivity contribution in [3.05, 3.63) is 29.8 Å². The highest BCUT2D eigenvalue weighted by molar-refractivity contribution is 7.89. The van der Waals surface area contributed by atoms with Crippen LogP contribution in [0.2, 0.25) is 0 Å². The van der Waals surface area contributed by atoms with Gasteiger partial charge in [-0.15, -0.1) is 0 Å². The van der Waals surface area contributed by atoms with Crippen LogP contribution in [0.4, 0.5) is 0 Å². The van der Waals surface area contributed by atoms with Crippen LogP contribution in [0.1, 0.15) is 36.5 Å². The number of hydrogen-bond donors (Lipinski definition) is 2. The topological polar surface area (TPSA) is 119 Å². The molecule has 0 aromatic heterocycles. The van der Waals surface area contributed by atoms with Crippen LogP contribution in [0, 0.1) is 17.2 Å². The first kappa shape index (κ1) is 20.9. The number of nitrogens with zero attached hydrogens (tertiary/aromatic N) is 2. The first-order valence-electron chi connectivity index (χ1n) is 8.92.